The van der Waals surface area contributed by atoms with E-state index in [0.29, 0.717) is 51.9 Å². The summed E-state index contributed by atoms with van der Waals surface area (Å²) in [5, 5.41) is 5.80. The van der Waals surface area contributed by atoms with Crippen LogP contribution in [0.15, 0.2) is 48.5 Å². The van der Waals surface area contributed by atoms with Crippen molar-refractivity contribution in [2.75, 3.05) is 0 Å². The quantitative estimate of drug-likeness (QED) is 0.446. The van der Waals surface area contributed by atoms with E-state index < -0.39 is 0 Å². The summed E-state index contributed by atoms with van der Waals surface area (Å²) in [4.78, 5) is 23.8. The van der Waals surface area contributed by atoms with Crippen molar-refractivity contribution < 1.29 is 9.59 Å². The smallest absolute Gasteiger partial charge is 0.220 e. The van der Waals surface area contributed by atoms with Gasteiger partial charge in [0.25, 0.3) is 0 Å². The molecule has 2 aromatic carbocycles. The lowest BCUT2D eigenvalue weighted by atomic mass is 10.1. The van der Waals surface area contributed by atoms with Gasteiger partial charge in [0.15, 0.2) is 0 Å². The number of nitrogens with two attached hydrogens (primary N) is 2. The summed E-state index contributed by atoms with van der Waals surface area (Å²) in [6, 6.07) is 15.7. The average molecular weight is 383 g/mol. The molecule has 6 heteroatoms. The van der Waals surface area contributed by atoms with Crippen molar-refractivity contribution in [2.45, 2.75) is 51.9 Å². The number of hydrogen-bond acceptors (Lipinski definition) is 4. The van der Waals surface area contributed by atoms with Crippen LogP contribution in [0.1, 0.15) is 47.9 Å². The fourth-order valence-electron chi connectivity index (χ4n) is 2.74. The van der Waals surface area contributed by atoms with E-state index in [1.807, 2.05) is 48.5 Å². The Balaban J connectivity index is 1.55. The van der Waals surface area contributed by atoms with E-state index >= 15 is 0 Å². The van der Waals surface area contributed by atoms with Crippen LogP contribution in [0, 0.1) is 0 Å². The highest BCUT2D eigenvalue weighted by molar-refractivity contribution is 5.77. The molecule has 6 nitrogen and oxygen atoms in total. The minimum absolute atomic E-state index is 0.00306. The van der Waals surface area contributed by atoms with Gasteiger partial charge in [0.2, 0.25) is 11.8 Å². The van der Waals surface area contributed by atoms with Gasteiger partial charge in [0.1, 0.15) is 0 Å². The maximum atomic E-state index is 11.9. The van der Waals surface area contributed by atoms with Crippen LogP contribution >= 0.6 is 0 Å². The standard InChI is InChI=1S/C22H30N4O2/c23-13-17-5-9-19(10-6-17)15-25-21(27)3-1-2-4-22(28)26-16-20-11-7-18(14-24)8-12-20/h5-12H,1-4,13-16,23-24H2,(H,25,27)(H,26,28). The van der Waals surface area contributed by atoms with Crippen molar-refractivity contribution in [1.29, 1.82) is 0 Å². The Kier molecular flexibility index (Phi) is 9.18. The van der Waals surface area contributed by atoms with Crippen LogP contribution in [-0.4, -0.2) is 11.8 Å². The van der Waals surface area contributed by atoms with Crippen LogP contribution in [0.25, 0.3) is 0 Å². The van der Waals surface area contributed by atoms with Crippen molar-refractivity contribution in [3.63, 3.8) is 0 Å². The number of carbonyl (C=O) groups excluding carboxylic acids is 2. The predicted molar refractivity (Wildman–Crippen MR) is 111 cm³/mol. The largest absolute Gasteiger partial charge is 0.352 e. The summed E-state index contributed by atoms with van der Waals surface area (Å²) in [5.41, 5.74) is 15.4. The van der Waals surface area contributed by atoms with Crippen molar-refractivity contribution in [1.82, 2.24) is 10.6 Å². The number of unbranched alkanes of at least 4 members (excludes halogenated alkanes) is 1. The van der Waals surface area contributed by atoms with E-state index in [-0.39, 0.29) is 11.8 Å². The molecule has 2 aromatic rings. The molecule has 6 N–H and O–H groups in total. The molecule has 0 aliphatic heterocycles. The topological polar surface area (TPSA) is 110 Å². The normalized spacial score (nSPS) is 10.5. The lowest BCUT2D eigenvalue weighted by Crippen LogP contribution is -2.23. The second kappa shape index (κ2) is 11.9. The van der Waals surface area contributed by atoms with Gasteiger partial charge in [-0.05, 0) is 35.1 Å². The highest BCUT2D eigenvalue weighted by Crippen LogP contribution is 2.06. The Morgan fingerprint density at radius 2 is 0.929 bits per heavy atom. The van der Waals surface area contributed by atoms with Gasteiger partial charge in [0.05, 0.1) is 0 Å². The van der Waals surface area contributed by atoms with Gasteiger partial charge in [0, 0.05) is 39.0 Å². The van der Waals surface area contributed by atoms with Crippen LogP contribution in [0.3, 0.4) is 0 Å². The fraction of sp³-hybridized carbons (Fsp3) is 0.364. The first kappa shape index (κ1) is 21.6. The third-order valence-electron chi connectivity index (χ3n) is 4.55. The van der Waals surface area contributed by atoms with Crippen LogP contribution in [-0.2, 0) is 35.8 Å². The van der Waals surface area contributed by atoms with Crippen molar-refractivity contribution in [2.24, 2.45) is 11.5 Å². The molecule has 28 heavy (non-hydrogen) atoms. The first-order chi connectivity index (χ1) is 13.6. The Labute approximate surface area is 166 Å². The van der Waals surface area contributed by atoms with Crippen LogP contribution < -0.4 is 22.1 Å². The van der Waals surface area contributed by atoms with Crippen molar-refractivity contribution in [3.05, 3.63) is 70.8 Å². The molecule has 2 amide bonds. The zero-order valence-corrected chi connectivity index (χ0v) is 16.2. The van der Waals surface area contributed by atoms with Crippen LogP contribution in [0.2, 0.25) is 0 Å². The van der Waals surface area contributed by atoms with Gasteiger partial charge in [-0.25, -0.2) is 0 Å². The molecule has 0 aliphatic rings. The SMILES string of the molecule is NCc1ccc(CNC(=O)CCCCC(=O)NCc2ccc(CN)cc2)cc1. The zero-order valence-electron chi connectivity index (χ0n) is 16.2. The number of hydrogen-bond donors (Lipinski definition) is 4. The van der Waals surface area contributed by atoms with E-state index in [2.05, 4.69) is 10.6 Å². The number of benzene rings is 2. The summed E-state index contributed by atoms with van der Waals surface area (Å²) in [6.45, 7) is 2.04. The third-order valence-corrected chi connectivity index (χ3v) is 4.55. The molecule has 0 spiro atoms. The zero-order chi connectivity index (χ0) is 20.2. The van der Waals surface area contributed by atoms with E-state index in [1.165, 1.54) is 0 Å². The molecule has 0 unspecified atom stereocenters. The molecule has 0 radical (unpaired) electrons. The summed E-state index contributed by atoms with van der Waals surface area (Å²) in [6.07, 6.45) is 2.23. The van der Waals surface area contributed by atoms with Gasteiger partial charge in [-0.15, -0.1) is 0 Å². The first-order valence-electron chi connectivity index (χ1n) is 9.70. The fourth-order valence-corrected chi connectivity index (χ4v) is 2.74. The number of amides is 2. The summed E-state index contributed by atoms with van der Waals surface area (Å²) in [7, 11) is 0. The van der Waals surface area contributed by atoms with Crippen molar-refractivity contribution >= 4 is 11.8 Å². The van der Waals surface area contributed by atoms with Crippen LogP contribution in [0.5, 0.6) is 0 Å². The third kappa shape index (κ3) is 7.90. The summed E-state index contributed by atoms with van der Waals surface area (Å²) >= 11 is 0. The lowest BCUT2D eigenvalue weighted by Gasteiger charge is -2.07. The molecule has 0 aromatic heterocycles. The average Bonchev–Trinajstić information content (AvgIpc) is 2.74. The highest BCUT2D eigenvalue weighted by atomic mass is 16.2. The van der Waals surface area contributed by atoms with Gasteiger partial charge in [-0.1, -0.05) is 48.5 Å². The molecular formula is C22H30N4O2. The maximum Gasteiger partial charge on any atom is 0.220 e. The summed E-state index contributed by atoms with van der Waals surface area (Å²) in [5.74, 6) is 0.00612. The molecule has 0 bridgehead atoms. The van der Waals surface area contributed by atoms with E-state index in [0.717, 1.165) is 22.3 Å². The van der Waals surface area contributed by atoms with E-state index in [9.17, 15) is 9.59 Å². The monoisotopic (exact) mass is 382 g/mol. The number of rotatable bonds is 11. The molecule has 0 fully saturated rings. The molecule has 0 heterocycles. The van der Waals surface area contributed by atoms with Gasteiger partial charge in [-0.2, -0.15) is 0 Å². The number of nitrogens with one attached hydrogen (secondary N) is 2. The Hall–Kier alpha value is -2.70. The molecule has 2 rings (SSSR count). The molecule has 0 saturated heterocycles. The van der Waals surface area contributed by atoms with Crippen LogP contribution in [0.4, 0.5) is 0 Å². The van der Waals surface area contributed by atoms with Crippen molar-refractivity contribution in [3.8, 4) is 0 Å². The Bertz CT molecular complexity index is 677. The minimum Gasteiger partial charge on any atom is -0.352 e. The van der Waals surface area contributed by atoms with Gasteiger partial charge >= 0.3 is 0 Å². The molecule has 0 aliphatic carbocycles. The molecule has 0 saturated carbocycles. The van der Waals surface area contributed by atoms with E-state index in [1.54, 1.807) is 0 Å². The summed E-state index contributed by atoms with van der Waals surface area (Å²) < 4.78 is 0. The second-order valence-electron chi connectivity index (χ2n) is 6.80. The van der Waals surface area contributed by atoms with Gasteiger partial charge in [-0.3, -0.25) is 9.59 Å². The van der Waals surface area contributed by atoms with E-state index in [4.69, 9.17) is 11.5 Å². The Morgan fingerprint density at radius 1 is 0.607 bits per heavy atom. The first-order valence-corrected chi connectivity index (χ1v) is 9.70. The van der Waals surface area contributed by atoms with Gasteiger partial charge < -0.3 is 22.1 Å². The molecule has 0 atom stereocenters. The highest BCUT2D eigenvalue weighted by Gasteiger charge is 2.05. The minimum atomic E-state index is 0.00306. The lowest BCUT2D eigenvalue weighted by molar-refractivity contribution is -0.123. The molecular weight excluding hydrogens is 352 g/mol. The second-order valence-corrected chi connectivity index (χ2v) is 6.80. The maximum absolute atomic E-state index is 11.9. The number of carbonyl (C=O) groups is 2. The predicted octanol–water partition coefficient (Wildman–Crippen LogP) is 2.10. The Morgan fingerprint density at radius 3 is 1.25 bits per heavy atom. The molecule has 150 valence electrons.